The zero-order valence-electron chi connectivity index (χ0n) is 30.0. The van der Waals surface area contributed by atoms with Gasteiger partial charge in [-0.05, 0) is 64.2 Å². The van der Waals surface area contributed by atoms with Gasteiger partial charge in [-0.2, -0.15) is 0 Å². The molecule has 5 rings (SSSR count). The van der Waals surface area contributed by atoms with Gasteiger partial charge in [0.2, 0.25) is 0 Å². The van der Waals surface area contributed by atoms with Crippen LogP contribution < -0.4 is 0 Å². The molecule has 1 spiro atoms. The third-order valence-corrected chi connectivity index (χ3v) is 13.0. The topological polar surface area (TPSA) is 153 Å². The Labute approximate surface area is 281 Å². The fourth-order valence-corrected chi connectivity index (χ4v) is 9.91. The molecule has 5 saturated heterocycles. The average Bonchev–Trinajstić information content (AvgIpc) is 3.73. The number of methoxy groups -OCH3 is 1. The Morgan fingerprint density at radius 1 is 1.02 bits per heavy atom. The lowest BCUT2D eigenvalue weighted by Crippen LogP contribution is -2.57. The maximum atomic E-state index is 11.8. The molecule has 0 aromatic carbocycles. The Hall–Kier alpha value is -0.890. The van der Waals surface area contributed by atoms with Gasteiger partial charge in [0.1, 0.15) is 0 Å². The molecule has 0 radical (unpaired) electrons. The molecule has 11 heteroatoms. The molecule has 5 aliphatic rings. The van der Waals surface area contributed by atoms with E-state index in [9.17, 15) is 25.2 Å². The summed E-state index contributed by atoms with van der Waals surface area (Å²) in [4.78, 5) is 11.8. The van der Waals surface area contributed by atoms with Gasteiger partial charge in [-0.3, -0.25) is 4.79 Å². The number of aliphatic carboxylic acids is 1. The lowest BCUT2D eigenvalue weighted by Gasteiger charge is -2.49. The predicted octanol–water partition coefficient (Wildman–Crippen LogP) is 4.27. The van der Waals surface area contributed by atoms with Gasteiger partial charge in [0.05, 0.1) is 66.5 Å². The minimum Gasteiger partial charge on any atom is -0.481 e. The highest BCUT2D eigenvalue weighted by atomic mass is 16.7. The van der Waals surface area contributed by atoms with E-state index in [-0.39, 0.29) is 54.0 Å². The predicted molar refractivity (Wildman–Crippen MR) is 172 cm³/mol. The normalized spacial score (nSPS) is 50.9. The van der Waals surface area contributed by atoms with Gasteiger partial charge >= 0.3 is 5.97 Å². The minimum atomic E-state index is -1.56. The van der Waals surface area contributed by atoms with Crippen molar-refractivity contribution in [2.24, 2.45) is 35.5 Å². The van der Waals surface area contributed by atoms with Crippen LogP contribution in [0.3, 0.4) is 0 Å². The summed E-state index contributed by atoms with van der Waals surface area (Å²) in [6.45, 7) is 15.6. The highest BCUT2D eigenvalue weighted by molar-refractivity contribution is 5.70. The summed E-state index contributed by atoms with van der Waals surface area (Å²) in [5, 5.41) is 41.8. The molecule has 17 atom stereocenters. The fourth-order valence-electron chi connectivity index (χ4n) is 9.91. The second-order valence-electron chi connectivity index (χ2n) is 16.3. The molecule has 4 N–H and O–H groups in total. The van der Waals surface area contributed by atoms with Crippen LogP contribution in [0, 0.1) is 35.5 Å². The molecule has 272 valence electrons. The van der Waals surface area contributed by atoms with E-state index < -0.39 is 59.6 Å². The number of carbonyl (C=O) groups is 1. The monoisotopic (exact) mass is 678 g/mol. The molecule has 0 aromatic rings. The third kappa shape index (κ3) is 6.67. The highest BCUT2D eigenvalue weighted by Crippen LogP contribution is 2.55. The summed E-state index contributed by atoms with van der Waals surface area (Å²) in [6.07, 6.45) is 2.99. The van der Waals surface area contributed by atoms with E-state index in [1.54, 1.807) is 6.92 Å². The zero-order valence-corrected chi connectivity index (χ0v) is 30.0. The smallest absolute Gasteiger partial charge is 0.308 e. The molecule has 11 nitrogen and oxygen atoms in total. The van der Waals surface area contributed by atoms with Crippen LogP contribution in [0.4, 0.5) is 0 Å². The molecular weight excluding hydrogens is 616 g/mol. The van der Waals surface area contributed by atoms with Crippen LogP contribution in [0.2, 0.25) is 0 Å². The lowest BCUT2D eigenvalue weighted by atomic mass is 9.83. The first-order chi connectivity index (χ1) is 22.0. The SMILES string of the molecule is CO[C@H]([C@H]([13CH3])C1O[C@@]2(CC[C@@]([13CH3])([C@H]3CC[C@@](C[13CH3])([C@@H]4OC(C5O[C@@](O)(CO)[C@H]([13CH3])C[C@@H]5[13CH3])C[C@@H]4[13CH3])O3)O2)C[C@H](O)[C@H]1[13CH3])[C@@H]([13CH3])C(=O)O. The second kappa shape index (κ2) is 13.7. The van der Waals surface area contributed by atoms with Crippen molar-refractivity contribution in [3.8, 4) is 0 Å². The van der Waals surface area contributed by atoms with E-state index in [1.807, 2.05) is 20.8 Å². The summed E-state index contributed by atoms with van der Waals surface area (Å²) in [5.41, 5.74) is -1.15. The molecule has 0 amide bonds. The van der Waals surface area contributed by atoms with Crippen molar-refractivity contribution in [3.63, 3.8) is 0 Å². The van der Waals surface area contributed by atoms with Crippen molar-refractivity contribution in [1.82, 2.24) is 0 Å². The third-order valence-electron chi connectivity index (χ3n) is 13.0. The number of rotatable bonds is 10. The Balaban J connectivity index is 1.29. The van der Waals surface area contributed by atoms with E-state index in [4.69, 9.17) is 28.4 Å². The Morgan fingerprint density at radius 3 is 2.34 bits per heavy atom. The van der Waals surface area contributed by atoms with Crippen LogP contribution in [-0.2, 0) is 33.2 Å². The lowest BCUT2D eigenvalue weighted by molar-refractivity contribution is -0.336. The molecule has 5 aliphatic heterocycles. The maximum Gasteiger partial charge on any atom is 0.308 e. The molecular formula is C36H62O11. The Kier molecular flexibility index (Phi) is 10.9. The van der Waals surface area contributed by atoms with Crippen LogP contribution in [0.1, 0.15) is 107 Å². The van der Waals surface area contributed by atoms with Crippen molar-refractivity contribution < 1.29 is 53.6 Å². The number of carboxylic acid groups (broad SMARTS) is 1. The number of aliphatic hydroxyl groups is 3. The van der Waals surface area contributed by atoms with Crippen molar-refractivity contribution in [2.75, 3.05) is 13.7 Å². The van der Waals surface area contributed by atoms with Crippen molar-refractivity contribution in [3.05, 3.63) is 0 Å². The van der Waals surface area contributed by atoms with Crippen LogP contribution in [0.15, 0.2) is 0 Å². The van der Waals surface area contributed by atoms with Gasteiger partial charge < -0.3 is 48.8 Å². The van der Waals surface area contributed by atoms with Crippen LogP contribution in [0.5, 0.6) is 0 Å². The molecule has 5 fully saturated rings. The molecule has 0 bridgehead atoms. The highest BCUT2D eigenvalue weighted by Gasteiger charge is 2.62. The van der Waals surface area contributed by atoms with Crippen LogP contribution in [0.25, 0.3) is 0 Å². The van der Waals surface area contributed by atoms with E-state index >= 15 is 0 Å². The molecule has 0 aliphatic carbocycles. The number of hydrogen-bond donors (Lipinski definition) is 4. The standard InChI is InChI=1S/C36H62O11/c1-10-34(31-20(3)16-26(43-31)28-19(2)15-21(4)36(41,18-37)46-28)12-11-27(44-34)33(8)13-14-35(47-33)17-25(38)22(5)30(45-35)23(6)29(42-9)24(7)32(39)40/h19-31,37-38,41H,10-18H2,1-9H3,(H,39,40)/t19-,20-,21+,22+,23-,24+,25-,26?,27+,28?,29+,30?,31+,33-,34-,35+,36-/m0/s1/i1+1,2+1,3+1,4+1,5+1,6+1,7+1,8+1. The van der Waals surface area contributed by atoms with E-state index in [1.165, 1.54) is 7.11 Å². The van der Waals surface area contributed by atoms with Gasteiger partial charge in [-0.1, -0.05) is 41.5 Å². The Bertz CT molecular complexity index is 1110. The molecule has 5 heterocycles. The van der Waals surface area contributed by atoms with Gasteiger partial charge in [0, 0.05) is 37.7 Å². The van der Waals surface area contributed by atoms with E-state index in [2.05, 4.69) is 27.7 Å². The molecule has 0 saturated carbocycles. The molecule has 3 unspecified atom stereocenters. The first-order valence-corrected chi connectivity index (χ1v) is 18.1. The fraction of sp³-hybridized carbons (Fsp3) is 0.972. The Morgan fingerprint density at radius 2 is 1.72 bits per heavy atom. The van der Waals surface area contributed by atoms with Gasteiger partial charge in [-0.25, -0.2) is 0 Å². The van der Waals surface area contributed by atoms with Crippen molar-refractivity contribution in [1.29, 1.82) is 0 Å². The van der Waals surface area contributed by atoms with Gasteiger partial charge in [0.15, 0.2) is 11.6 Å². The summed E-state index contributed by atoms with van der Waals surface area (Å²) in [5.74, 6) is -4.52. The maximum absolute atomic E-state index is 11.8. The number of aliphatic hydroxyl groups excluding tert-OH is 2. The summed E-state index contributed by atoms with van der Waals surface area (Å²) >= 11 is 0. The van der Waals surface area contributed by atoms with Crippen LogP contribution in [-0.4, -0.2) is 106 Å². The van der Waals surface area contributed by atoms with E-state index in [0.29, 0.717) is 19.3 Å². The largest absolute Gasteiger partial charge is 0.481 e. The molecule has 47 heavy (non-hydrogen) atoms. The summed E-state index contributed by atoms with van der Waals surface area (Å²) in [7, 11) is 1.52. The summed E-state index contributed by atoms with van der Waals surface area (Å²) < 4.78 is 39.4. The second-order valence-corrected chi connectivity index (χ2v) is 16.3. The van der Waals surface area contributed by atoms with Gasteiger partial charge in [0.25, 0.3) is 0 Å². The first kappa shape index (κ1) is 37.4. The number of hydrogen-bond acceptors (Lipinski definition) is 10. The quantitative estimate of drug-likeness (QED) is 0.245. The van der Waals surface area contributed by atoms with Crippen molar-refractivity contribution in [2.45, 2.75) is 172 Å². The molecule has 0 aromatic heterocycles. The van der Waals surface area contributed by atoms with Gasteiger partial charge in [-0.15, -0.1) is 0 Å². The summed E-state index contributed by atoms with van der Waals surface area (Å²) in [6, 6.07) is 0. The van der Waals surface area contributed by atoms with Crippen molar-refractivity contribution >= 4 is 5.97 Å². The first-order valence-electron chi connectivity index (χ1n) is 18.1. The van der Waals surface area contributed by atoms with E-state index in [0.717, 1.165) is 32.1 Å². The zero-order chi connectivity index (χ0) is 34.7. The minimum absolute atomic E-state index is 0.153. The average molecular weight is 679 g/mol. The number of carboxylic acids is 1. The number of ether oxygens (including phenoxy) is 6. The van der Waals surface area contributed by atoms with Crippen LogP contribution >= 0.6 is 0 Å².